The van der Waals surface area contributed by atoms with Gasteiger partial charge in [-0.3, -0.25) is 9.59 Å². The first kappa shape index (κ1) is 17.7. The predicted molar refractivity (Wildman–Crippen MR) is 87.0 cm³/mol. The minimum Gasteiger partial charge on any atom is -0.453 e. The zero-order valence-corrected chi connectivity index (χ0v) is 14.2. The molecule has 126 valence electrons. The van der Waals surface area contributed by atoms with Crippen LogP contribution in [0.25, 0.3) is 0 Å². The summed E-state index contributed by atoms with van der Waals surface area (Å²) in [6.07, 6.45) is -0.489. The van der Waals surface area contributed by atoms with E-state index in [4.69, 9.17) is 16.3 Å². The second kappa shape index (κ2) is 7.31. The second-order valence-corrected chi connectivity index (χ2v) is 8.27. The number of nitrogens with one attached hydrogen (secondary N) is 1. The highest BCUT2D eigenvalue weighted by atomic mass is 35.5. The molecule has 1 N–H and O–H groups in total. The van der Waals surface area contributed by atoms with Crippen LogP contribution in [0.5, 0.6) is 0 Å². The van der Waals surface area contributed by atoms with E-state index in [1.807, 2.05) is 0 Å². The summed E-state index contributed by atoms with van der Waals surface area (Å²) in [6.45, 7) is 1.47. The van der Waals surface area contributed by atoms with Crippen molar-refractivity contribution in [2.75, 3.05) is 16.8 Å². The van der Waals surface area contributed by atoms with Gasteiger partial charge in [-0.2, -0.15) is 0 Å². The largest absolute Gasteiger partial charge is 0.453 e. The zero-order valence-electron chi connectivity index (χ0n) is 12.6. The summed E-state index contributed by atoms with van der Waals surface area (Å²) in [5.41, 5.74) is 0.546. The van der Waals surface area contributed by atoms with Crippen molar-refractivity contribution in [1.29, 1.82) is 0 Å². The normalized spacial score (nSPS) is 20.7. The molecule has 0 unspecified atom stereocenters. The summed E-state index contributed by atoms with van der Waals surface area (Å²) in [7, 11) is -3.03. The fraction of sp³-hybridized carbons (Fsp3) is 0.467. The van der Waals surface area contributed by atoms with Crippen molar-refractivity contribution in [3.63, 3.8) is 0 Å². The van der Waals surface area contributed by atoms with Gasteiger partial charge in [0.1, 0.15) is 0 Å². The third kappa shape index (κ3) is 5.51. The first-order chi connectivity index (χ1) is 10.7. The fourth-order valence-electron chi connectivity index (χ4n) is 2.34. The maximum Gasteiger partial charge on any atom is 0.306 e. The molecule has 1 aliphatic heterocycles. The molecule has 1 saturated heterocycles. The van der Waals surface area contributed by atoms with Gasteiger partial charge in [0.05, 0.1) is 11.5 Å². The minimum atomic E-state index is -3.03. The average molecular weight is 360 g/mol. The maximum atomic E-state index is 12.0. The molecule has 8 heteroatoms. The van der Waals surface area contributed by atoms with E-state index in [2.05, 4.69) is 5.32 Å². The van der Waals surface area contributed by atoms with Crippen LogP contribution in [-0.4, -0.2) is 37.9 Å². The van der Waals surface area contributed by atoms with Crippen LogP contribution >= 0.6 is 11.6 Å². The molecule has 2 rings (SSSR count). The van der Waals surface area contributed by atoms with Gasteiger partial charge in [-0.15, -0.1) is 0 Å². The Kier molecular flexibility index (Phi) is 5.64. The van der Waals surface area contributed by atoms with Gasteiger partial charge in [0.2, 0.25) is 0 Å². The third-order valence-electron chi connectivity index (χ3n) is 3.57. The lowest BCUT2D eigenvalue weighted by atomic mass is 10.1. The molecule has 1 amide bonds. The Morgan fingerprint density at radius 1 is 1.35 bits per heavy atom. The van der Waals surface area contributed by atoms with E-state index in [9.17, 15) is 18.0 Å². The summed E-state index contributed by atoms with van der Waals surface area (Å²) in [4.78, 5) is 23.8. The number of rotatable bonds is 5. The van der Waals surface area contributed by atoms with Crippen molar-refractivity contribution < 1.29 is 22.7 Å². The monoisotopic (exact) mass is 359 g/mol. The van der Waals surface area contributed by atoms with Crippen molar-refractivity contribution in [3.8, 4) is 0 Å². The molecule has 2 atom stereocenters. The van der Waals surface area contributed by atoms with Crippen LogP contribution in [-0.2, 0) is 24.2 Å². The summed E-state index contributed by atoms with van der Waals surface area (Å²) >= 11 is 5.76. The van der Waals surface area contributed by atoms with Gasteiger partial charge in [-0.1, -0.05) is 11.6 Å². The van der Waals surface area contributed by atoms with E-state index in [-0.39, 0.29) is 23.8 Å². The first-order valence-corrected chi connectivity index (χ1v) is 9.41. The van der Waals surface area contributed by atoms with Crippen molar-refractivity contribution in [3.05, 3.63) is 29.3 Å². The standard InChI is InChI=1S/C15H18ClNO5S/c1-10(15(19)17-13-4-2-12(16)3-5-13)22-14(18)8-11-6-7-23(20,21)9-11/h2-5,10-11H,6-9H2,1H3,(H,17,19)/t10-,11-/m0/s1. The van der Waals surface area contributed by atoms with Crippen LogP contribution in [0.1, 0.15) is 19.8 Å². The molecule has 0 radical (unpaired) electrons. The second-order valence-electron chi connectivity index (χ2n) is 5.60. The van der Waals surface area contributed by atoms with Crippen LogP contribution in [0.4, 0.5) is 5.69 Å². The van der Waals surface area contributed by atoms with Gasteiger partial charge in [-0.05, 0) is 43.5 Å². The lowest BCUT2D eigenvalue weighted by Gasteiger charge is -2.15. The molecule has 0 spiro atoms. The molecule has 1 fully saturated rings. The highest BCUT2D eigenvalue weighted by Gasteiger charge is 2.30. The average Bonchev–Trinajstić information content (AvgIpc) is 2.80. The van der Waals surface area contributed by atoms with Crippen LogP contribution < -0.4 is 5.32 Å². The molecule has 1 aromatic carbocycles. The SMILES string of the molecule is C[C@H](OC(=O)C[C@@H]1CCS(=O)(=O)C1)C(=O)Nc1ccc(Cl)cc1. The molecule has 1 heterocycles. The fourth-order valence-corrected chi connectivity index (χ4v) is 4.33. The molecular weight excluding hydrogens is 342 g/mol. The quantitative estimate of drug-likeness (QED) is 0.812. The van der Waals surface area contributed by atoms with Gasteiger partial charge in [0, 0.05) is 17.1 Å². The topological polar surface area (TPSA) is 89.5 Å². The number of carbonyl (C=O) groups is 2. The Balaban J connectivity index is 1.81. The van der Waals surface area contributed by atoms with Crippen LogP contribution in [0, 0.1) is 5.92 Å². The number of halogens is 1. The summed E-state index contributed by atoms with van der Waals surface area (Å²) in [5, 5.41) is 3.16. The Morgan fingerprint density at radius 2 is 2.00 bits per heavy atom. The Morgan fingerprint density at radius 3 is 2.57 bits per heavy atom. The van der Waals surface area contributed by atoms with Gasteiger partial charge >= 0.3 is 5.97 Å². The molecule has 0 aromatic heterocycles. The van der Waals surface area contributed by atoms with Crippen LogP contribution in [0.15, 0.2) is 24.3 Å². The number of benzene rings is 1. The van der Waals surface area contributed by atoms with Gasteiger partial charge < -0.3 is 10.1 Å². The molecule has 0 saturated carbocycles. The van der Waals surface area contributed by atoms with E-state index in [0.29, 0.717) is 17.1 Å². The van der Waals surface area contributed by atoms with E-state index in [1.165, 1.54) is 6.92 Å². The highest BCUT2D eigenvalue weighted by Crippen LogP contribution is 2.22. The van der Waals surface area contributed by atoms with E-state index in [0.717, 1.165) is 0 Å². The number of ether oxygens (including phenoxy) is 1. The van der Waals surface area contributed by atoms with Crippen LogP contribution in [0.2, 0.25) is 5.02 Å². The van der Waals surface area contributed by atoms with Crippen molar-refractivity contribution in [2.45, 2.75) is 25.9 Å². The number of hydrogen-bond acceptors (Lipinski definition) is 5. The van der Waals surface area contributed by atoms with Crippen molar-refractivity contribution in [2.24, 2.45) is 5.92 Å². The first-order valence-electron chi connectivity index (χ1n) is 7.21. The van der Waals surface area contributed by atoms with Gasteiger partial charge in [0.25, 0.3) is 5.91 Å². The minimum absolute atomic E-state index is 0.00739. The van der Waals surface area contributed by atoms with E-state index >= 15 is 0 Å². The number of esters is 1. The molecular formula is C15H18ClNO5S. The summed E-state index contributed by atoms with van der Waals surface area (Å²) in [6, 6.07) is 6.54. The van der Waals surface area contributed by atoms with Crippen molar-refractivity contribution in [1.82, 2.24) is 0 Å². The Bertz CT molecular complexity index is 686. The molecule has 0 aliphatic carbocycles. The highest BCUT2D eigenvalue weighted by molar-refractivity contribution is 7.91. The van der Waals surface area contributed by atoms with E-state index < -0.39 is 27.8 Å². The number of anilines is 1. The van der Waals surface area contributed by atoms with Crippen LogP contribution in [0.3, 0.4) is 0 Å². The number of sulfone groups is 1. The number of amides is 1. The van der Waals surface area contributed by atoms with E-state index in [1.54, 1.807) is 24.3 Å². The maximum absolute atomic E-state index is 12.0. The Labute approximate surface area is 140 Å². The molecule has 23 heavy (non-hydrogen) atoms. The molecule has 1 aliphatic rings. The Hall–Kier alpha value is -1.60. The lowest BCUT2D eigenvalue weighted by molar-refractivity contribution is -0.153. The smallest absolute Gasteiger partial charge is 0.306 e. The zero-order chi connectivity index (χ0) is 17.0. The third-order valence-corrected chi connectivity index (χ3v) is 5.66. The molecule has 6 nitrogen and oxygen atoms in total. The lowest BCUT2D eigenvalue weighted by Crippen LogP contribution is -2.30. The number of hydrogen-bond donors (Lipinski definition) is 1. The molecule has 1 aromatic rings. The predicted octanol–water partition coefficient (Wildman–Crippen LogP) is 2.04. The summed E-state index contributed by atoms with van der Waals surface area (Å²) in [5.74, 6) is -1.13. The molecule has 0 bridgehead atoms. The number of carbonyl (C=O) groups excluding carboxylic acids is 2. The van der Waals surface area contributed by atoms with Gasteiger partial charge in [-0.25, -0.2) is 8.42 Å². The summed E-state index contributed by atoms with van der Waals surface area (Å²) < 4.78 is 27.8. The van der Waals surface area contributed by atoms with Gasteiger partial charge in [0.15, 0.2) is 15.9 Å². The van der Waals surface area contributed by atoms with Crippen molar-refractivity contribution >= 4 is 39.0 Å².